The highest BCUT2D eigenvalue weighted by Gasteiger charge is 2.33. The van der Waals surface area contributed by atoms with E-state index in [0.29, 0.717) is 12.0 Å². The minimum atomic E-state index is 0. The summed E-state index contributed by atoms with van der Waals surface area (Å²) >= 11 is 3.60. The topological polar surface area (TPSA) is 33.7 Å². The second-order valence-electron chi connectivity index (χ2n) is 7.45. The van der Waals surface area contributed by atoms with Gasteiger partial charge in [0.05, 0.1) is 19.8 Å². The maximum absolute atomic E-state index is 6.24. The van der Waals surface area contributed by atoms with Gasteiger partial charge in [-0.3, -0.25) is 0 Å². The molecule has 4 rings (SSSR count). The lowest BCUT2D eigenvalue weighted by atomic mass is 9.85. The predicted molar refractivity (Wildman–Crippen MR) is 127 cm³/mol. The number of nitrogens with zero attached hydrogens (tertiary/aromatic N) is 1. The quantitative estimate of drug-likeness (QED) is 0.634. The Balaban J connectivity index is 0.00000150. The number of fused-ring (bicyclic) bond motifs is 1. The van der Waals surface area contributed by atoms with Gasteiger partial charge in [0.1, 0.15) is 5.75 Å². The van der Waals surface area contributed by atoms with Gasteiger partial charge in [0, 0.05) is 41.8 Å². The van der Waals surface area contributed by atoms with Gasteiger partial charge in [0.2, 0.25) is 0 Å². The van der Waals surface area contributed by atoms with Gasteiger partial charge >= 0.3 is 0 Å². The number of halogens is 3. The first-order valence-corrected chi connectivity index (χ1v) is 10.5. The Morgan fingerprint density at radius 3 is 2.66 bits per heavy atom. The van der Waals surface area contributed by atoms with Crippen molar-refractivity contribution in [3.05, 3.63) is 58.1 Å². The van der Waals surface area contributed by atoms with Crippen molar-refractivity contribution in [2.24, 2.45) is 5.92 Å². The van der Waals surface area contributed by atoms with E-state index in [-0.39, 0.29) is 30.9 Å². The summed E-state index contributed by atoms with van der Waals surface area (Å²) in [5.74, 6) is 1.29. The van der Waals surface area contributed by atoms with Crippen molar-refractivity contribution in [3.63, 3.8) is 0 Å². The lowest BCUT2D eigenvalue weighted by Gasteiger charge is -2.41. The molecule has 4 nitrogen and oxygen atoms in total. The largest absolute Gasteiger partial charge is 0.497 e. The van der Waals surface area contributed by atoms with E-state index in [4.69, 9.17) is 9.47 Å². The summed E-state index contributed by atoms with van der Waals surface area (Å²) in [5, 5.41) is 3.73. The van der Waals surface area contributed by atoms with Crippen LogP contribution in [0.15, 0.2) is 46.9 Å². The van der Waals surface area contributed by atoms with E-state index in [1.165, 1.54) is 16.8 Å². The summed E-state index contributed by atoms with van der Waals surface area (Å²) in [6.45, 7) is 6.11. The standard InChI is InChI=1S/C22H27BrN2O2.2ClH/c1-15(22-20-8-3-17(23)13-16(20)9-12-27-22)21-14-25(11-10-24-21)18-4-6-19(26-2)7-5-18;;/h3-8,13,15,21-22,24H,9-12,14H2,1-2H3;2*1H. The SMILES string of the molecule is COc1ccc(N2CCNC(C(C)C3OCCc4cc(Br)ccc43)C2)cc1.Cl.Cl. The van der Waals surface area contributed by atoms with Gasteiger partial charge in [0.15, 0.2) is 0 Å². The Bertz CT molecular complexity index is 791. The van der Waals surface area contributed by atoms with E-state index in [2.05, 4.69) is 63.4 Å². The Morgan fingerprint density at radius 1 is 1.17 bits per heavy atom. The molecule has 29 heavy (non-hydrogen) atoms. The van der Waals surface area contributed by atoms with Crippen molar-refractivity contribution >= 4 is 46.4 Å². The zero-order valence-electron chi connectivity index (χ0n) is 16.8. The van der Waals surface area contributed by atoms with Crippen LogP contribution in [0, 0.1) is 5.92 Å². The molecule has 2 aliphatic rings. The van der Waals surface area contributed by atoms with E-state index in [0.717, 1.165) is 42.9 Å². The van der Waals surface area contributed by atoms with Crippen LogP contribution in [0.5, 0.6) is 5.75 Å². The minimum Gasteiger partial charge on any atom is -0.497 e. The number of rotatable bonds is 4. The first kappa shape index (κ1) is 24.3. The molecule has 2 heterocycles. The maximum atomic E-state index is 6.24. The van der Waals surface area contributed by atoms with Crippen molar-refractivity contribution in [3.8, 4) is 5.75 Å². The normalized spacial score (nSPS) is 22.0. The molecule has 1 N–H and O–H groups in total. The van der Waals surface area contributed by atoms with Crippen molar-refractivity contribution in [1.82, 2.24) is 5.32 Å². The average Bonchev–Trinajstić information content (AvgIpc) is 2.72. The molecule has 1 fully saturated rings. The molecule has 0 radical (unpaired) electrons. The summed E-state index contributed by atoms with van der Waals surface area (Å²) in [7, 11) is 1.71. The molecule has 160 valence electrons. The lowest BCUT2D eigenvalue weighted by molar-refractivity contribution is -0.00541. The Hall–Kier alpha value is -0.980. The van der Waals surface area contributed by atoms with E-state index >= 15 is 0 Å². The predicted octanol–water partition coefficient (Wildman–Crippen LogP) is 5.03. The number of piperazine rings is 1. The molecule has 2 aromatic carbocycles. The van der Waals surface area contributed by atoms with Crippen LogP contribution in [0.2, 0.25) is 0 Å². The first-order valence-electron chi connectivity index (χ1n) is 9.68. The zero-order valence-corrected chi connectivity index (χ0v) is 20.0. The van der Waals surface area contributed by atoms with Gasteiger partial charge in [-0.2, -0.15) is 0 Å². The molecule has 0 bridgehead atoms. The van der Waals surface area contributed by atoms with Gasteiger partial charge in [-0.25, -0.2) is 0 Å². The molecule has 0 spiro atoms. The van der Waals surface area contributed by atoms with Crippen LogP contribution in [0.3, 0.4) is 0 Å². The van der Waals surface area contributed by atoms with Gasteiger partial charge in [-0.15, -0.1) is 24.8 Å². The maximum Gasteiger partial charge on any atom is 0.119 e. The second-order valence-corrected chi connectivity index (χ2v) is 8.36. The van der Waals surface area contributed by atoms with E-state index in [1.54, 1.807) is 7.11 Å². The highest BCUT2D eigenvalue weighted by molar-refractivity contribution is 9.10. The van der Waals surface area contributed by atoms with Crippen LogP contribution in [-0.4, -0.2) is 39.4 Å². The van der Waals surface area contributed by atoms with Crippen molar-refractivity contribution in [1.29, 1.82) is 0 Å². The molecule has 3 unspecified atom stereocenters. The Kier molecular flexibility index (Phi) is 9.11. The third-order valence-corrected chi connectivity index (χ3v) is 6.33. The van der Waals surface area contributed by atoms with Crippen LogP contribution in [0.1, 0.15) is 24.2 Å². The Morgan fingerprint density at radius 2 is 1.93 bits per heavy atom. The average molecular weight is 504 g/mol. The molecule has 2 aromatic rings. The number of benzene rings is 2. The molecule has 0 saturated carbocycles. The summed E-state index contributed by atoms with van der Waals surface area (Å²) in [5.41, 5.74) is 4.01. The van der Waals surface area contributed by atoms with Crippen LogP contribution in [0.25, 0.3) is 0 Å². The van der Waals surface area contributed by atoms with Crippen LogP contribution in [-0.2, 0) is 11.2 Å². The summed E-state index contributed by atoms with van der Waals surface area (Å²) in [6.07, 6.45) is 1.14. The van der Waals surface area contributed by atoms with Crippen molar-refractivity contribution < 1.29 is 9.47 Å². The highest BCUT2D eigenvalue weighted by atomic mass is 79.9. The van der Waals surface area contributed by atoms with Gasteiger partial charge < -0.3 is 19.7 Å². The molecule has 1 saturated heterocycles. The van der Waals surface area contributed by atoms with E-state index in [9.17, 15) is 0 Å². The molecule has 0 aliphatic carbocycles. The summed E-state index contributed by atoms with van der Waals surface area (Å²) in [6, 6.07) is 15.4. The van der Waals surface area contributed by atoms with Gasteiger partial charge in [0.25, 0.3) is 0 Å². The molecular formula is C22H29BrCl2N2O2. The number of ether oxygens (including phenoxy) is 2. The number of nitrogens with one attached hydrogen (secondary N) is 1. The first-order chi connectivity index (χ1) is 13.2. The smallest absolute Gasteiger partial charge is 0.119 e. The van der Waals surface area contributed by atoms with Crippen molar-refractivity contribution in [2.45, 2.75) is 25.5 Å². The summed E-state index contributed by atoms with van der Waals surface area (Å²) < 4.78 is 12.7. The Labute approximate surface area is 194 Å². The fourth-order valence-corrected chi connectivity index (χ4v) is 4.67. The second kappa shape index (κ2) is 10.9. The molecule has 0 amide bonds. The lowest BCUT2D eigenvalue weighted by Crippen LogP contribution is -2.54. The number of anilines is 1. The molecular weight excluding hydrogens is 475 g/mol. The van der Waals surface area contributed by atoms with Gasteiger partial charge in [-0.05, 0) is 53.9 Å². The number of hydrogen-bond donors (Lipinski definition) is 1. The summed E-state index contributed by atoms with van der Waals surface area (Å²) in [4.78, 5) is 2.46. The highest BCUT2D eigenvalue weighted by Crippen LogP contribution is 2.36. The van der Waals surface area contributed by atoms with Crippen LogP contribution < -0.4 is 15.0 Å². The fraction of sp³-hybridized carbons (Fsp3) is 0.455. The molecule has 2 aliphatic heterocycles. The van der Waals surface area contributed by atoms with Crippen LogP contribution in [0.4, 0.5) is 5.69 Å². The van der Waals surface area contributed by atoms with Gasteiger partial charge in [-0.1, -0.05) is 28.9 Å². The van der Waals surface area contributed by atoms with Crippen LogP contribution >= 0.6 is 40.7 Å². The van der Waals surface area contributed by atoms with Crippen molar-refractivity contribution in [2.75, 3.05) is 38.3 Å². The number of hydrogen-bond acceptors (Lipinski definition) is 4. The van der Waals surface area contributed by atoms with E-state index in [1.807, 2.05) is 12.1 Å². The monoisotopic (exact) mass is 502 g/mol. The van der Waals surface area contributed by atoms with E-state index < -0.39 is 0 Å². The number of methoxy groups -OCH3 is 1. The fourth-order valence-electron chi connectivity index (χ4n) is 4.26. The zero-order chi connectivity index (χ0) is 18.8. The third-order valence-electron chi connectivity index (χ3n) is 5.84. The third kappa shape index (κ3) is 5.39. The molecule has 0 aromatic heterocycles. The minimum absolute atomic E-state index is 0. The molecule has 7 heteroatoms. The molecule has 3 atom stereocenters.